The monoisotopic (exact) mass is 250 g/mol. The lowest BCUT2D eigenvalue weighted by Crippen LogP contribution is -2.18. The second kappa shape index (κ2) is 4.51. The average molecular weight is 251 g/mol. The van der Waals surface area contributed by atoms with Crippen LogP contribution in [0.4, 0.5) is 0 Å². The van der Waals surface area contributed by atoms with Gasteiger partial charge in [-0.15, -0.1) is 0 Å². The summed E-state index contributed by atoms with van der Waals surface area (Å²) in [7, 11) is 1.77. The third kappa shape index (κ3) is 1.96. The van der Waals surface area contributed by atoms with Crippen LogP contribution < -0.4 is 5.32 Å². The third-order valence-corrected chi connectivity index (χ3v) is 3.38. The molecule has 0 amide bonds. The van der Waals surface area contributed by atoms with Crippen molar-refractivity contribution in [2.75, 3.05) is 13.6 Å². The van der Waals surface area contributed by atoms with E-state index in [1.807, 2.05) is 26.0 Å². The Bertz CT molecular complexity index is 587. The van der Waals surface area contributed by atoms with E-state index < -0.39 is 0 Å². The number of hydrogen-bond donors (Lipinski definition) is 2. The maximum atomic E-state index is 12.0. The number of fused-ring (bicyclic) bond motifs is 1. The fraction of sp³-hybridized carbons (Fsp3) is 0.308. The predicted molar refractivity (Wildman–Crippen MR) is 71.0 cm³/mol. The molecule has 0 unspecified atom stereocenters. The quantitative estimate of drug-likeness (QED) is 0.823. The van der Waals surface area contributed by atoms with Gasteiger partial charge in [0.2, 0.25) is 0 Å². The van der Waals surface area contributed by atoms with E-state index in [0.717, 1.165) is 27.7 Å². The van der Waals surface area contributed by atoms with E-state index in [0.29, 0.717) is 11.6 Å². The molecule has 0 saturated heterocycles. The Labute approximate surface area is 105 Å². The van der Waals surface area contributed by atoms with E-state index in [4.69, 9.17) is 11.6 Å². The van der Waals surface area contributed by atoms with E-state index in [2.05, 4.69) is 10.3 Å². The highest BCUT2D eigenvalue weighted by atomic mass is 35.5. The summed E-state index contributed by atoms with van der Waals surface area (Å²) in [5, 5.41) is 4.55. The summed E-state index contributed by atoms with van der Waals surface area (Å²) in [5.41, 5.74) is 3.59. The smallest absolute Gasteiger partial charge is 0.179 e. The van der Waals surface area contributed by atoms with Crippen molar-refractivity contribution in [3.05, 3.63) is 34.0 Å². The van der Waals surface area contributed by atoms with E-state index in [9.17, 15) is 4.79 Å². The summed E-state index contributed by atoms with van der Waals surface area (Å²) in [6.07, 6.45) is 0. The van der Waals surface area contributed by atoms with Crippen molar-refractivity contribution in [1.82, 2.24) is 10.3 Å². The van der Waals surface area contributed by atoms with E-state index >= 15 is 0 Å². The van der Waals surface area contributed by atoms with Crippen LogP contribution >= 0.6 is 11.6 Å². The second-order valence-electron chi connectivity index (χ2n) is 4.17. The van der Waals surface area contributed by atoms with Crippen molar-refractivity contribution >= 4 is 28.3 Å². The number of aromatic nitrogens is 1. The number of nitrogens with one attached hydrogen (secondary N) is 2. The maximum Gasteiger partial charge on any atom is 0.179 e. The number of H-pyrrole nitrogens is 1. The van der Waals surface area contributed by atoms with Crippen molar-refractivity contribution in [1.29, 1.82) is 0 Å². The van der Waals surface area contributed by atoms with Crippen LogP contribution in [0.25, 0.3) is 10.9 Å². The Morgan fingerprint density at radius 1 is 1.41 bits per heavy atom. The first-order valence-corrected chi connectivity index (χ1v) is 5.89. The highest BCUT2D eigenvalue weighted by Crippen LogP contribution is 2.29. The number of Topliss-reactive ketones (excluding diaryl/α,β-unsaturated/α-hetero) is 1. The molecular formula is C13H15ClN2O. The van der Waals surface area contributed by atoms with Gasteiger partial charge in [-0.2, -0.15) is 0 Å². The summed E-state index contributed by atoms with van der Waals surface area (Å²) in [5.74, 6) is 0.0953. The van der Waals surface area contributed by atoms with Crippen molar-refractivity contribution < 1.29 is 4.79 Å². The number of likely N-dealkylation sites (N-methyl/N-ethyl adjacent to an activating group) is 1. The van der Waals surface area contributed by atoms with Crippen LogP contribution in [0.1, 0.15) is 21.6 Å². The fourth-order valence-corrected chi connectivity index (χ4v) is 2.27. The molecule has 1 heterocycles. The van der Waals surface area contributed by atoms with Crippen LogP contribution in [0.2, 0.25) is 5.02 Å². The molecule has 4 heteroatoms. The molecule has 0 aliphatic heterocycles. The fourth-order valence-electron chi connectivity index (χ4n) is 2.12. The molecule has 90 valence electrons. The van der Waals surface area contributed by atoms with Crippen LogP contribution in [0.5, 0.6) is 0 Å². The highest BCUT2D eigenvalue weighted by molar-refractivity contribution is 6.32. The van der Waals surface area contributed by atoms with Gasteiger partial charge in [0.1, 0.15) is 0 Å². The number of rotatable bonds is 3. The number of carbonyl (C=O) groups excluding carboxylic acids is 1. The number of halogens is 1. The van der Waals surface area contributed by atoms with Gasteiger partial charge in [-0.1, -0.05) is 17.7 Å². The van der Waals surface area contributed by atoms with Gasteiger partial charge in [0.25, 0.3) is 0 Å². The van der Waals surface area contributed by atoms with Gasteiger partial charge < -0.3 is 10.3 Å². The van der Waals surface area contributed by atoms with Gasteiger partial charge >= 0.3 is 0 Å². The SMILES string of the molecule is CNCC(=O)c1c(C)[nH]c2c(C)c(Cl)ccc12. The third-order valence-electron chi connectivity index (χ3n) is 2.97. The molecule has 0 spiro atoms. The molecule has 0 radical (unpaired) electrons. The molecule has 0 bridgehead atoms. The number of benzene rings is 1. The van der Waals surface area contributed by atoms with Gasteiger partial charge in [-0.3, -0.25) is 4.79 Å². The Morgan fingerprint density at radius 2 is 2.12 bits per heavy atom. The number of carbonyl (C=O) groups is 1. The number of aromatic amines is 1. The number of aryl methyl sites for hydroxylation is 2. The average Bonchev–Trinajstić information content (AvgIpc) is 2.61. The van der Waals surface area contributed by atoms with Crippen LogP contribution in [-0.2, 0) is 0 Å². The van der Waals surface area contributed by atoms with Gasteiger partial charge in [-0.05, 0) is 32.5 Å². The highest BCUT2D eigenvalue weighted by Gasteiger charge is 2.16. The van der Waals surface area contributed by atoms with Gasteiger partial charge in [0, 0.05) is 21.7 Å². The lowest BCUT2D eigenvalue weighted by atomic mass is 10.0. The summed E-state index contributed by atoms with van der Waals surface area (Å²) in [4.78, 5) is 15.3. The minimum Gasteiger partial charge on any atom is -0.358 e. The van der Waals surface area contributed by atoms with Crippen LogP contribution in [0.15, 0.2) is 12.1 Å². The molecule has 1 aromatic heterocycles. The van der Waals surface area contributed by atoms with Gasteiger partial charge in [0.05, 0.1) is 12.1 Å². The van der Waals surface area contributed by atoms with Crippen molar-refractivity contribution in [3.8, 4) is 0 Å². The molecule has 2 aromatic rings. The molecule has 0 aliphatic rings. The number of ketones is 1. The largest absolute Gasteiger partial charge is 0.358 e. The molecule has 17 heavy (non-hydrogen) atoms. The zero-order valence-corrected chi connectivity index (χ0v) is 10.9. The predicted octanol–water partition coefficient (Wildman–Crippen LogP) is 2.84. The first-order chi connectivity index (χ1) is 8.06. The normalized spacial score (nSPS) is 11.1. The zero-order chi connectivity index (χ0) is 12.6. The molecule has 0 aliphatic carbocycles. The summed E-state index contributed by atoms with van der Waals surface area (Å²) < 4.78 is 0. The maximum absolute atomic E-state index is 12.0. The molecule has 0 atom stereocenters. The van der Waals surface area contributed by atoms with Crippen LogP contribution in [0, 0.1) is 13.8 Å². The summed E-state index contributed by atoms with van der Waals surface area (Å²) in [6, 6.07) is 3.74. The molecular weight excluding hydrogens is 236 g/mol. The zero-order valence-electron chi connectivity index (χ0n) is 10.1. The topological polar surface area (TPSA) is 44.9 Å². The van der Waals surface area contributed by atoms with Gasteiger partial charge in [0.15, 0.2) is 5.78 Å². The van der Waals surface area contributed by atoms with Crippen molar-refractivity contribution in [2.45, 2.75) is 13.8 Å². The van der Waals surface area contributed by atoms with Crippen LogP contribution in [-0.4, -0.2) is 24.4 Å². The minimum absolute atomic E-state index is 0.0953. The summed E-state index contributed by atoms with van der Waals surface area (Å²) in [6.45, 7) is 4.21. The molecule has 2 rings (SSSR count). The van der Waals surface area contributed by atoms with E-state index in [-0.39, 0.29) is 5.78 Å². The van der Waals surface area contributed by atoms with Crippen molar-refractivity contribution in [3.63, 3.8) is 0 Å². The molecule has 2 N–H and O–H groups in total. The standard InChI is InChI=1S/C13H15ClN2O/c1-7-10(14)5-4-9-12(11(17)6-15-3)8(2)16-13(7)9/h4-5,15-16H,6H2,1-3H3. The first kappa shape index (κ1) is 12.1. The molecule has 3 nitrogen and oxygen atoms in total. The van der Waals surface area contributed by atoms with E-state index in [1.165, 1.54) is 0 Å². The molecule has 0 fully saturated rings. The summed E-state index contributed by atoms with van der Waals surface area (Å²) >= 11 is 6.07. The lowest BCUT2D eigenvalue weighted by Gasteiger charge is -2.01. The Morgan fingerprint density at radius 3 is 2.76 bits per heavy atom. The number of hydrogen-bond acceptors (Lipinski definition) is 2. The molecule has 1 aromatic carbocycles. The first-order valence-electron chi connectivity index (χ1n) is 5.51. The Kier molecular flexibility index (Phi) is 3.22. The van der Waals surface area contributed by atoms with Crippen molar-refractivity contribution in [2.24, 2.45) is 0 Å². The minimum atomic E-state index is 0.0953. The van der Waals surface area contributed by atoms with Gasteiger partial charge in [-0.25, -0.2) is 0 Å². The van der Waals surface area contributed by atoms with Crippen LogP contribution in [0.3, 0.4) is 0 Å². The lowest BCUT2D eigenvalue weighted by molar-refractivity contribution is 0.0994. The second-order valence-corrected chi connectivity index (χ2v) is 4.58. The Hall–Kier alpha value is -1.32. The Balaban J connectivity index is 2.69. The molecule has 0 saturated carbocycles. The van der Waals surface area contributed by atoms with E-state index in [1.54, 1.807) is 7.05 Å².